The first-order chi connectivity index (χ1) is 8.18. The van der Waals surface area contributed by atoms with Crippen LogP contribution in [0.25, 0.3) is 0 Å². The fourth-order valence-corrected chi connectivity index (χ4v) is 3.32. The molecule has 0 saturated heterocycles. The number of methoxy groups -OCH3 is 1. The Morgan fingerprint density at radius 3 is 2.88 bits per heavy atom. The molecule has 0 bridgehead atoms. The van der Waals surface area contributed by atoms with Crippen LogP contribution in [0.15, 0.2) is 12.7 Å². The standard InChI is InChI=1S/C15H29NO/c1-5-6-7-10-14(16-3)15(17-4)11-8-9-13(2)12-15/h5,13-14,16H,1,6-12H2,2-4H3. The Kier molecular flexibility index (Phi) is 6.21. The highest BCUT2D eigenvalue weighted by atomic mass is 16.5. The Morgan fingerprint density at radius 2 is 2.35 bits per heavy atom. The maximum Gasteiger partial charge on any atom is 0.0833 e. The third-order valence-corrected chi connectivity index (χ3v) is 4.28. The van der Waals surface area contributed by atoms with E-state index in [1.165, 1.54) is 38.5 Å². The zero-order chi connectivity index (χ0) is 12.7. The maximum atomic E-state index is 5.94. The molecule has 3 atom stereocenters. The molecule has 1 rings (SSSR count). The molecule has 0 amide bonds. The molecule has 0 radical (unpaired) electrons. The van der Waals surface area contributed by atoms with Crippen molar-refractivity contribution in [3.05, 3.63) is 12.7 Å². The summed E-state index contributed by atoms with van der Waals surface area (Å²) < 4.78 is 5.94. The lowest BCUT2D eigenvalue weighted by molar-refractivity contribution is -0.0796. The van der Waals surface area contributed by atoms with E-state index in [1.54, 1.807) is 0 Å². The van der Waals surface area contributed by atoms with Crippen molar-refractivity contribution < 1.29 is 4.74 Å². The summed E-state index contributed by atoms with van der Waals surface area (Å²) in [4.78, 5) is 0. The first-order valence-electron chi connectivity index (χ1n) is 7.02. The van der Waals surface area contributed by atoms with Gasteiger partial charge in [-0.1, -0.05) is 25.8 Å². The van der Waals surface area contributed by atoms with Gasteiger partial charge in [0, 0.05) is 13.2 Å². The van der Waals surface area contributed by atoms with Crippen molar-refractivity contribution in [3.63, 3.8) is 0 Å². The fraction of sp³-hybridized carbons (Fsp3) is 0.867. The van der Waals surface area contributed by atoms with Crippen LogP contribution in [0.5, 0.6) is 0 Å². The molecule has 100 valence electrons. The monoisotopic (exact) mass is 239 g/mol. The Labute approximate surface area is 107 Å². The van der Waals surface area contributed by atoms with Crippen LogP contribution in [0.1, 0.15) is 51.9 Å². The van der Waals surface area contributed by atoms with Crippen LogP contribution in [0.4, 0.5) is 0 Å². The van der Waals surface area contributed by atoms with Crippen molar-refractivity contribution in [2.45, 2.75) is 63.5 Å². The zero-order valence-electron chi connectivity index (χ0n) is 11.8. The summed E-state index contributed by atoms with van der Waals surface area (Å²) in [6.45, 7) is 6.14. The van der Waals surface area contributed by atoms with Gasteiger partial charge in [0.05, 0.1) is 5.60 Å². The SMILES string of the molecule is C=CCCCC(NC)C1(OC)CCCC(C)C1. The molecule has 2 nitrogen and oxygen atoms in total. The van der Waals surface area contributed by atoms with Gasteiger partial charge in [-0.05, 0) is 45.1 Å². The predicted molar refractivity (Wildman–Crippen MR) is 74.3 cm³/mol. The van der Waals surface area contributed by atoms with Gasteiger partial charge >= 0.3 is 0 Å². The molecule has 0 aromatic carbocycles. The van der Waals surface area contributed by atoms with E-state index >= 15 is 0 Å². The zero-order valence-corrected chi connectivity index (χ0v) is 11.8. The van der Waals surface area contributed by atoms with E-state index in [0.29, 0.717) is 6.04 Å². The number of nitrogens with one attached hydrogen (secondary N) is 1. The lowest BCUT2D eigenvalue weighted by Gasteiger charge is -2.44. The summed E-state index contributed by atoms with van der Waals surface area (Å²) in [6, 6.07) is 0.482. The summed E-state index contributed by atoms with van der Waals surface area (Å²) in [5.74, 6) is 0.791. The molecule has 2 heteroatoms. The average Bonchev–Trinajstić information content (AvgIpc) is 2.34. The lowest BCUT2D eigenvalue weighted by atomic mass is 9.73. The lowest BCUT2D eigenvalue weighted by Crippen LogP contribution is -2.53. The van der Waals surface area contributed by atoms with Crippen LogP contribution in [-0.2, 0) is 4.74 Å². The average molecular weight is 239 g/mol. The Bertz CT molecular complexity index is 229. The number of ether oxygens (including phenoxy) is 1. The van der Waals surface area contributed by atoms with Crippen LogP contribution in [0.2, 0.25) is 0 Å². The van der Waals surface area contributed by atoms with E-state index in [-0.39, 0.29) is 5.60 Å². The summed E-state index contributed by atoms with van der Waals surface area (Å²) in [6.07, 6.45) is 10.6. The molecule has 0 spiro atoms. The smallest absolute Gasteiger partial charge is 0.0833 e. The number of rotatable bonds is 7. The van der Waals surface area contributed by atoms with Crippen molar-refractivity contribution in [3.8, 4) is 0 Å². The van der Waals surface area contributed by atoms with Gasteiger partial charge in [-0.2, -0.15) is 0 Å². The predicted octanol–water partition coefficient (Wildman–Crippen LogP) is 3.53. The maximum absolute atomic E-state index is 5.94. The molecular formula is C15H29NO. The second-order valence-corrected chi connectivity index (χ2v) is 5.53. The third-order valence-electron chi connectivity index (χ3n) is 4.28. The molecule has 1 aliphatic carbocycles. The fourth-order valence-electron chi connectivity index (χ4n) is 3.32. The van der Waals surface area contributed by atoms with E-state index in [9.17, 15) is 0 Å². The first kappa shape index (κ1) is 14.7. The van der Waals surface area contributed by atoms with Crippen LogP contribution in [-0.4, -0.2) is 25.8 Å². The van der Waals surface area contributed by atoms with Crippen LogP contribution in [0.3, 0.4) is 0 Å². The van der Waals surface area contributed by atoms with E-state index in [1.807, 2.05) is 13.2 Å². The van der Waals surface area contributed by atoms with Crippen molar-refractivity contribution in [2.75, 3.05) is 14.2 Å². The van der Waals surface area contributed by atoms with Gasteiger partial charge in [-0.15, -0.1) is 6.58 Å². The number of unbranched alkanes of at least 4 members (excludes halogenated alkanes) is 1. The summed E-state index contributed by atoms with van der Waals surface area (Å²) >= 11 is 0. The molecule has 0 aromatic rings. The highest BCUT2D eigenvalue weighted by Gasteiger charge is 2.40. The summed E-state index contributed by atoms with van der Waals surface area (Å²) in [5.41, 5.74) is 0.0631. The molecule has 0 aliphatic heterocycles. The van der Waals surface area contributed by atoms with Gasteiger partial charge in [0.15, 0.2) is 0 Å². The van der Waals surface area contributed by atoms with Gasteiger partial charge in [-0.3, -0.25) is 0 Å². The van der Waals surface area contributed by atoms with Crippen LogP contribution >= 0.6 is 0 Å². The third kappa shape index (κ3) is 3.82. The number of hydrogen-bond donors (Lipinski definition) is 1. The second-order valence-electron chi connectivity index (χ2n) is 5.53. The van der Waals surface area contributed by atoms with Gasteiger partial charge in [-0.25, -0.2) is 0 Å². The minimum atomic E-state index is 0.0631. The quantitative estimate of drug-likeness (QED) is 0.542. The normalized spacial score (nSPS) is 31.1. The number of hydrogen-bond acceptors (Lipinski definition) is 2. The molecule has 0 aromatic heterocycles. The first-order valence-corrected chi connectivity index (χ1v) is 7.02. The molecular weight excluding hydrogens is 210 g/mol. The Balaban J connectivity index is 2.63. The molecule has 1 aliphatic rings. The second kappa shape index (κ2) is 7.17. The molecule has 3 unspecified atom stereocenters. The minimum absolute atomic E-state index is 0.0631. The molecule has 0 heterocycles. The van der Waals surface area contributed by atoms with E-state index < -0.39 is 0 Å². The number of allylic oxidation sites excluding steroid dienone is 1. The topological polar surface area (TPSA) is 21.3 Å². The highest BCUT2D eigenvalue weighted by Crippen LogP contribution is 2.38. The number of likely N-dealkylation sites (N-methyl/N-ethyl adjacent to an activating group) is 1. The Morgan fingerprint density at radius 1 is 1.59 bits per heavy atom. The van der Waals surface area contributed by atoms with Gasteiger partial charge in [0.1, 0.15) is 0 Å². The molecule has 17 heavy (non-hydrogen) atoms. The van der Waals surface area contributed by atoms with Gasteiger partial charge < -0.3 is 10.1 Å². The van der Waals surface area contributed by atoms with Gasteiger partial charge in [0.25, 0.3) is 0 Å². The molecule has 1 N–H and O–H groups in total. The molecule has 1 saturated carbocycles. The largest absolute Gasteiger partial charge is 0.377 e. The van der Waals surface area contributed by atoms with Crippen LogP contribution < -0.4 is 5.32 Å². The van der Waals surface area contributed by atoms with Crippen molar-refractivity contribution in [1.29, 1.82) is 0 Å². The van der Waals surface area contributed by atoms with Gasteiger partial charge in [0.2, 0.25) is 0 Å². The summed E-state index contributed by atoms with van der Waals surface area (Å²) in [7, 11) is 3.95. The van der Waals surface area contributed by atoms with E-state index in [2.05, 4.69) is 25.9 Å². The van der Waals surface area contributed by atoms with Crippen molar-refractivity contribution in [1.82, 2.24) is 5.32 Å². The van der Waals surface area contributed by atoms with E-state index in [4.69, 9.17) is 4.74 Å². The summed E-state index contributed by atoms with van der Waals surface area (Å²) in [5, 5.41) is 3.48. The van der Waals surface area contributed by atoms with E-state index in [0.717, 1.165) is 12.3 Å². The van der Waals surface area contributed by atoms with Crippen molar-refractivity contribution in [2.24, 2.45) is 5.92 Å². The molecule has 1 fully saturated rings. The Hall–Kier alpha value is -0.340. The van der Waals surface area contributed by atoms with Crippen LogP contribution in [0, 0.1) is 5.92 Å². The van der Waals surface area contributed by atoms with Crippen molar-refractivity contribution >= 4 is 0 Å². The highest BCUT2D eigenvalue weighted by molar-refractivity contribution is 4.96. The minimum Gasteiger partial charge on any atom is -0.377 e.